The van der Waals surface area contributed by atoms with Gasteiger partial charge in [-0.1, -0.05) is 11.6 Å². The summed E-state index contributed by atoms with van der Waals surface area (Å²) in [5, 5.41) is 9.58. The van der Waals surface area contributed by atoms with E-state index in [1.54, 1.807) is 6.07 Å². The highest BCUT2D eigenvalue weighted by atomic mass is 127. The highest BCUT2D eigenvalue weighted by Gasteiger charge is 2.18. The van der Waals surface area contributed by atoms with E-state index in [0.717, 1.165) is 29.6 Å². The van der Waals surface area contributed by atoms with Crippen molar-refractivity contribution in [3.63, 3.8) is 0 Å². The minimum atomic E-state index is -1.03. The van der Waals surface area contributed by atoms with Gasteiger partial charge in [-0.15, -0.1) is 0 Å². The second kappa shape index (κ2) is 6.76. The maximum absolute atomic E-state index is 11.2. The van der Waals surface area contributed by atoms with Crippen molar-refractivity contribution in [2.24, 2.45) is 5.92 Å². The molecule has 1 fully saturated rings. The Hall–Kier alpha value is -0.530. The molecule has 104 valence electrons. The lowest BCUT2D eigenvalue weighted by atomic mass is 10.0. The molecule has 2 rings (SSSR count). The number of benzene rings is 1. The van der Waals surface area contributed by atoms with Crippen LogP contribution >= 0.6 is 34.2 Å². The van der Waals surface area contributed by atoms with Crippen molar-refractivity contribution in [2.75, 3.05) is 19.8 Å². The second-order valence-corrected chi connectivity index (χ2v) is 6.00. The minimum absolute atomic E-state index is 0.109. The van der Waals surface area contributed by atoms with Crippen molar-refractivity contribution in [1.29, 1.82) is 0 Å². The predicted octanol–water partition coefficient (Wildman–Crippen LogP) is 3.45. The van der Waals surface area contributed by atoms with Gasteiger partial charge in [-0.3, -0.25) is 0 Å². The standard InChI is InChI=1S/C13H14ClIO4/c14-10-5-9(13(16)17)12(6-11(10)15)19-7-8-1-3-18-4-2-8/h5-6,8H,1-4,7H2,(H,16,17). The van der Waals surface area contributed by atoms with Gasteiger partial charge in [0.1, 0.15) is 11.3 Å². The van der Waals surface area contributed by atoms with Gasteiger partial charge in [0.05, 0.1) is 11.6 Å². The molecule has 1 aliphatic rings. The lowest BCUT2D eigenvalue weighted by molar-refractivity contribution is 0.0490. The maximum Gasteiger partial charge on any atom is 0.339 e. The van der Waals surface area contributed by atoms with E-state index in [0.29, 0.717) is 23.3 Å². The van der Waals surface area contributed by atoms with E-state index in [2.05, 4.69) is 22.6 Å². The highest BCUT2D eigenvalue weighted by molar-refractivity contribution is 14.1. The Morgan fingerprint density at radius 1 is 1.47 bits per heavy atom. The summed E-state index contributed by atoms with van der Waals surface area (Å²) in [6, 6.07) is 3.11. The molecule has 4 nitrogen and oxygen atoms in total. The fraction of sp³-hybridized carbons (Fsp3) is 0.462. The van der Waals surface area contributed by atoms with Gasteiger partial charge in [0.15, 0.2) is 0 Å². The Morgan fingerprint density at radius 2 is 2.16 bits per heavy atom. The molecule has 0 atom stereocenters. The number of carbonyl (C=O) groups is 1. The molecular weight excluding hydrogens is 382 g/mol. The van der Waals surface area contributed by atoms with E-state index < -0.39 is 5.97 Å². The third-order valence-electron chi connectivity index (χ3n) is 3.07. The summed E-state index contributed by atoms with van der Waals surface area (Å²) in [6.07, 6.45) is 1.90. The number of hydrogen-bond donors (Lipinski definition) is 1. The van der Waals surface area contributed by atoms with Crippen molar-refractivity contribution in [2.45, 2.75) is 12.8 Å². The first-order chi connectivity index (χ1) is 9.08. The van der Waals surface area contributed by atoms with E-state index in [4.69, 9.17) is 26.2 Å². The quantitative estimate of drug-likeness (QED) is 0.792. The molecule has 19 heavy (non-hydrogen) atoms. The SMILES string of the molecule is O=C(O)c1cc(Cl)c(I)cc1OCC1CCOCC1. The van der Waals surface area contributed by atoms with Crippen LogP contribution in [0.2, 0.25) is 5.02 Å². The van der Waals surface area contributed by atoms with Crippen LogP contribution < -0.4 is 4.74 Å². The second-order valence-electron chi connectivity index (χ2n) is 4.43. The summed E-state index contributed by atoms with van der Waals surface area (Å²) in [5.41, 5.74) is 0.109. The molecular formula is C13H14ClIO4. The molecule has 1 N–H and O–H groups in total. The average molecular weight is 397 g/mol. The van der Waals surface area contributed by atoms with Crippen LogP contribution in [0.4, 0.5) is 0 Å². The zero-order valence-electron chi connectivity index (χ0n) is 10.2. The van der Waals surface area contributed by atoms with E-state index in [1.807, 2.05) is 0 Å². The molecule has 0 bridgehead atoms. The fourth-order valence-electron chi connectivity index (χ4n) is 1.94. The van der Waals surface area contributed by atoms with Gasteiger partial charge >= 0.3 is 5.97 Å². The summed E-state index contributed by atoms with van der Waals surface area (Å²) in [7, 11) is 0. The van der Waals surface area contributed by atoms with Crippen LogP contribution in [0.5, 0.6) is 5.75 Å². The smallest absolute Gasteiger partial charge is 0.339 e. The minimum Gasteiger partial charge on any atom is -0.492 e. The van der Waals surface area contributed by atoms with Gasteiger partial charge in [-0.25, -0.2) is 4.79 Å². The van der Waals surface area contributed by atoms with Crippen LogP contribution in [0.3, 0.4) is 0 Å². The van der Waals surface area contributed by atoms with E-state index in [9.17, 15) is 4.79 Å². The summed E-state index contributed by atoms with van der Waals surface area (Å²) >= 11 is 8.00. The lowest BCUT2D eigenvalue weighted by Crippen LogP contribution is -2.22. The first-order valence-corrected chi connectivity index (χ1v) is 7.46. The molecule has 0 saturated carbocycles. The zero-order valence-corrected chi connectivity index (χ0v) is 13.1. The van der Waals surface area contributed by atoms with Crippen LogP contribution in [0.25, 0.3) is 0 Å². The van der Waals surface area contributed by atoms with Crippen LogP contribution in [0.15, 0.2) is 12.1 Å². The van der Waals surface area contributed by atoms with Crippen LogP contribution in [-0.4, -0.2) is 30.9 Å². The van der Waals surface area contributed by atoms with E-state index >= 15 is 0 Å². The van der Waals surface area contributed by atoms with Gasteiger partial charge in [0.25, 0.3) is 0 Å². The summed E-state index contributed by atoms with van der Waals surface area (Å²) in [4.78, 5) is 11.2. The van der Waals surface area contributed by atoms with Gasteiger partial charge in [0.2, 0.25) is 0 Å². The van der Waals surface area contributed by atoms with Gasteiger partial charge in [-0.05, 0) is 53.5 Å². The number of aromatic carboxylic acids is 1. The number of carboxylic acid groups (broad SMARTS) is 1. The number of halogens is 2. The molecule has 1 saturated heterocycles. The predicted molar refractivity (Wildman–Crippen MR) is 80.2 cm³/mol. The first-order valence-electron chi connectivity index (χ1n) is 6.01. The third kappa shape index (κ3) is 3.97. The number of ether oxygens (including phenoxy) is 2. The van der Waals surface area contributed by atoms with Crippen molar-refractivity contribution >= 4 is 40.2 Å². The normalized spacial score (nSPS) is 16.3. The molecule has 0 amide bonds. The zero-order chi connectivity index (χ0) is 13.8. The summed E-state index contributed by atoms with van der Waals surface area (Å²) in [5.74, 6) is -0.225. The van der Waals surface area contributed by atoms with Gasteiger partial charge < -0.3 is 14.6 Å². The largest absolute Gasteiger partial charge is 0.492 e. The Bertz CT molecular complexity index is 472. The average Bonchev–Trinajstić information content (AvgIpc) is 2.40. The van der Waals surface area contributed by atoms with Crippen molar-refractivity contribution < 1.29 is 19.4 Å². The van der Waals surface area contributed by atoms with E-state index in [-0.39, 0.29) is 5.56 Å². The van der Waals surface area contributed by atoms with Crippen LogP contribution in [0.1, 0.15) is 23.2 Å². The maximum atomic E-state index is 11.2. The Kier molecular flexibility index (Phi) is 5.29. The monoisotopic (exact) mass is 396 g/mol. The fourth-order valence-corrected chi connectivity index (χ4v) is 2.54. The van der Waals surface area contributed by atoms with Gasteiger partial charge in [-0.2, -0.15) is 0 Å². The topological polar surface area (TPSA) is 55.8 Å². The van der Waals surface area contributed by atoms with Crippen molar-refractivity contribution in [3.05, 3.63) is 26.3 Å². The number of carboxylic acids is 1. The first kappa shape index (κ1) is 14.9. The van der Waals surface area contributed by atoms with Gasteiger partial charge in [0, 0.05) is 16.8 Å². The summed E-state index contributed by atoms with van der Waals surface area (Å²) < 4.78 is 11.7. The van der Waals surface area contributed by atoms with Crippen molar-refractivity contribution in [3.8, 4) is 5.75 Å². The molecule has 1 aromatic carbocycles. The molecule has 1 aliphatic heterocycles. The number of rotatable bonds is 4. The van der Waals surface area contributed by atoms with E-state index in [1.165, 1.54) is 6.07 Å². The molecule has 6 heteroatoms. The summed E-state index contributed by atoms with van der Waals surface area (Å²) in [6.45, 7) is 2.01. The molecule has 0 aliphatic carbocycles. The molecule has 0 unspecified atom stereocenters. The molecule has 0 radical (unpaired) electrons. The van der Waals surface area contributed by atoms with Crippen LogP contribution in [0, 0.1) is 9.49 Å². The molecule has 0 aromatic heterocycles. The Morgan fingerprint density at radius 3 is 2.79 bits per heavy atom. The molecule has 0 spiro atoms. The Balaban J connectivity index is 2.09. The highest BCUT2D eigenvalue weighted by Crippen LogP contribution is 2.29. The Labute approximate surface area is 130 Å². The lowest BCUT2D eigenvalue weighted by Gasteiger charge is -2.22. The van der Waals surface area contributed by atoms with Crippen LogP contribution in [-0.2, 0) is 4.74 Å². The molecule has 1 aromatic rings. The van der Waals surface area contributed by atoms with Crippen molar-refractivity contribution in [1.82, 2.24) is 0 Å². The number of hydrogen-bond acceptors (Lipinski definition) is 3. The molecule has 1 heterocycles. The third-order valence-corrected chi connectivity index (χ3v) is 4.59.